The van der Waals surface area contributed by atoms with Gasteiger partial charge in [0.25, 0.3) is 0 Å². The largest absolute Gasteiger partial charge is 0.481 e. The highest BCUT2D eigenvalue weighted by atomic mass is 35.5. The first-order valence-corrected chi connectivity index (χ1v) is 10.9. The summed E-state index contributed by atoms with van der Waals surface area (Å²) in [5.41, 5.74) is 4.12. The first kappa shape index (κ1) is 21.8. The molecule has 1 unspecified atom stereocenters. The van der Waals surface area contributed by atoms with E-state index in [1.165, 1.54) is 6.07 Å². The van der Waals surface area contributed by atoms with Crippen molar-refractivity contribution in [3.8, 4) is 0 Å². The van der Waals surface area contributed by atoms with Crippen LogP contribution in [-0.4, -0.2) is 29.1 Å². The number of benzene rings is 3. The molecule has 0 radical (unpaired) electrons. The maximum Gasteiger partial charge on any atom is 0.309 e. The molecule has 1 N–H and O–H groups in total. The van der Waals surface area contributed by atoms with E-state index in [4.69, 9.17) is 28.3 Å². The van der Waals surface area contributed by atoms with Crippen molar-refractivity contribution < 1.29 is 14.3 Å². The van der Waals surface area contributed by atoms with Gasteiger partial charge in [-0.2, -0.15) is 0 Å². The molecule has 1 fully saturated rings. The van der Waals surface area contributed by atoms with Gasteiger partial charge in [-0.15, -0.1) is 0 Å². The molecule has 3 aromatic rings. The third kappa shape index (κ3) is 5.27. The summed E-state index contributed by atoms with van der Waals surface area (Å²) in [6, 6.07) is 20.5. The molecular formula is C25H22Cl2FNO2. The van der Waals surface area contributed by atoms with Crippen LogP contribution in [0, 0.1) is 11.7 Å². The van der Waals surface area contributed by atoms with Crippen molar-refractivity contribution in [2.24, 2.45) is 5.92 Å². The van der Waals surface area contributed by atoms with Crippen LogP contribution in [0.15, 0.2) is 66.7 Å². The van der Waals surface area contributed by atoms with Crippen LogP contribution in [0.2, 0.25) is 10.0 Å². The monoisotopic (exact) mass is 457 g/mol. The predicted octanol–water partition coefficient (Wildman–Crippen LogP) is 6.02. The van der Waals surface area contributed by atoms with Crippen molar-refractivity contribution in [2.75, 3.05) is 13.1 Å². The molecule has 0 saturated carbocycles. The van der Waals surface area contributed by atoms with Crippen molar-refractivity contribution in [3.05, 3.63) is 105 Å². The van der Waals surface area contributed by atoms with Gasteiger partial charge in [-0.25, -0.2) is 4.39 Å². The average Bonchev–Trinajstić information content (AvgIpc) is 2.71. The molecule has 0 aliphatic carbocycles. The van der Waals surface area contributed by atoms with Gasteiger partial charge in [0.1, 0.15) is 5.82 Å². The summed E-state index contributed by atoms with van der Waals surface area (Å²) in [7, 11) is 0. The minimum Gasteiger partial charge on any atom is -0.481 e. The zero-order valence-electron chi connectivity index (χ0n) is 16.8. The number of halogens is 3. The van der Waals surface area contributed by atoms with E-state index in [-0.39, 0.29) is 17.7 Å². The molecule has 4 rings (SSSR count). The number of hydrogen-bond acceptors (Lipinski definition) is 2. The Balaban J connectivity index is 1.55. The lowest BCUT2D eigenvalue weighted by Gasteiger charge is -2.36. The van der Waals surface area contributed by atoms with E-state index >= 15 is 0 Å². The predicted molar refractivity (Wildman–Crippen MR) is 121 cm³/mol. The van der Waals surface area contributed by atoms with Crippen LogP contribution >= 0.6 is 23.2 Å². The van der Waals surface area contributed by atoms with Crippen LogP contribution < -0.4 is 0 Å². The smallest absolute Gasteiger partial charge is 0.309 e. The molecule has 1 heterocycles. The van der Waals surface area contributed by atoms with Crippen molar-refractivity contribution in [3.63, 3.8) is 0 Å². The number of likely N-dealkylation sites (tertiary alicyclic amines) is 1. The number of carbonyl (C=O) groups is 1. The lowest BCUT2D eigenvalue weighted by molar-refractivity contribution is -0.147. The molecule has 1 atom stereocenters. The normalized spacial score (nSPS) is 15.5. The minimum atomic E-state index is -0.730. The van der Waals surface area contributed by atoms with Gasteiger partial charge in [0.2, 0.25) is 0 Å². The van der Waals surface area contributed by atoms with Crippen molar-refractivity contribution in [1.82, 2.24) is 4.90 Å². The first-order valence-electron chi connectivity index (χ1n) is 10.1. The van der Waals surface area contributed by atoms with E-state index in [2.05, 4.69) is 29.2 Å². The summed E-state index contributed by atoms with van der Waals surface area (Å²) >= 11 is 12.3. The fourth-order valence-corrected chi connectivity index (χ4v) is 4.34. The van der Waals surface area contributed by atoms with Crippen LogP contribution in [0.25, 0.3) is 0 Å². The Hall–Kier alpha value is -2.40. The first-order chi connectivity index (χ1) is 14.9. The lowest BCUT2D eigenvalue weighted by Crippen LogP contribution is -2.49. The maximum atomic E-state index is 14.0. The highest BCUT2D eigenvalue weighted by Crippen LogP contribution is 2.32. The zero-order valence-corrected chi connectivity index (χ0v) is 18.3. The van der Waals surface area contributed by atoms with Gasteiger partial charge in [-0.1, -0.05) is 65.7 Å². The third-order valence-electron chi connectivity index (χ3n) is 5.77. The average molecular weight is 458 g/mol. The van der Waals surface area contributed by atoms with Gasteiger partial charge in [0.05, 0.1) is 16.0 Å². The Morgan fingerprint density at radius 3 is 2.32 bits per heavy atom. The molecule has 0 amide bonds. The molecule has 160 valence electrons. The molecular weight excluding hydrogens is 436 g/mol. The Labute approximate surface area is 191 Å². The summed E-state index contributed by atoms with van der Waals surface area (Å²) in [5, 5.41) is 10.0. The topological polar surface area (TPSA) is 40.5 Å². The van der Waals surface area contributed by atoms with Crippen LogP contribution in [0.4, 0.5) is 4.39 Å². The Morgan fingerprint density at radius 2 is 1.68 bits per heavy atom. The Bertz CT molecular complexity index is 1080. The molecule has 1 saturated heterocycles. The summed E-state index contributed by atoms with van der Waals surface area (Å²) < 4.78 is 14.0. The lowest BCUT2D eigenvalue weighted by atomic mass is 9.85. The van der Waals surface area contributed by atoms with E-state index in [0.29, 0.717) is 29.6 Å². The summed E-state index contributed by atoms with van der Waals surface area (Å²) in [4.78, 5) is 13.1. The van der Waals surface area contributed by atoms with Gasteiger partial charge >= 0.3 is 5.97 Å². The van der Waals surface area contributed by atoms with Crippen molar-refractivity contribution >= 4 is 29.2 Å². The summed E-state index contributed by atoms with van der Waals surface area (Å²) in [6.45, 7) is 1.89. The fraction of sp³-hybridized carbons (Fsp3) is 0.240. The second-order valence-electron chi connectivity index (χ2n) is 8.03. The highest BCUT2D eigenvalue weighted by Gasteiger charge is 2.32. The fourth-order valence-electron chi connectivity index (χ4n) is 4.02. The molecule has 31 heavy (non-hydrogen) atoms. The Morgan fingerprint density at radius 1 is 0.968 bits per heavy atom. The molecule has 6 heteroatoms. The van der Waals surface area contributed by atoms with Gasteiger partial charge in [-0.05, 0) is 52.9 Å². The van der Waals surface area contributed by atoms with Crippen molar-refractivity contribution in [1.29, 1.82) is 0 Å². The van der Waals surface area contributed by atoms with E-state index in [1.54, 1.807) is 18.2 Å². The quantitative estimate of drug-likeness (QED) is 0.471. The molecule has 0 spiro atoms. The molecule has 0 aromatic heterocycles. The van der Waals surface area contributed by atoms with E-state index in [1.807, 2.05) is 18.2 Å². The zero-order chi connectivity index (χ0) is 22.0. The second kappa shape index (κ2) is 9.39. The maximum absolute atomic E-state index is 14.0. The van der Waals surface area contributed by atoms with Crippen LogP contribution in [-0.2, 0) is 17.8 Å². The van der Waals surface area contributed by atoms with Crippen molar-refractivity contribution in [2.45, 2.75) is 18.9 Å². The molecule has 1 aliphatic heterocycles. The third-order valence-corrected chi connectivity index (χ3v) is 6.51. The van der Waals surface area contributed by atoms with Crippen LogP contribution in [0.5, 0.6) is 0 Å². The number of aliphatic carboxylic acids is 1. The minimum absolute atomic E-state index is 0.0395. The highest BCUT2D eigenvalue weighted by molar-refractivity contribution is 6.42. The second-order valence-corrected chi connectivity index (χ2v) is 8.85. The van der Waals surface area contributed by atoms with Gasteiger partial charge < -0.3 is 5.11 Å². The summed E-state index contributed by atoms with van der Waals surface area (Å²) in [6.07, 6.45) is 0.659. The van der Waals surface area contributed by atoms with Gasteiger partial charge in [0.15, 0.2) is 0 Å². The van der Waals surface area contributed by atoms with E-state index in [9.17, 15) is 9.18 Å². The van der Waals surface area contributed by atoms with E-state index in [0.717, 1.165) is 28.8 Å². The summed E-state index contributed by atoms with van der Waals surface area (Å²) in [5.74, 6) is -1.30. The number of carboxylic acid groups (broad SMARTS) is 1. The number of hydrogen-bond donors (Lipinski definition) is 1. The number of carboxylic acids is 1. The standard InChI is InChI=1S/C25H22Cl2FNO2/c26-23-9-6-17(11-24(23)27)10-22(19-2-1-3-21(28)12-19)18-7-4-16(5-8-18)13-29-14-20(15-29)25(30)31/h1-9,11-12,20,22H,10,13-15H2,(H,30,31). The Kier molecular flexibility index (Phi) is 6.61. The van der Waals surface area contributed by atoms with E-state index < -0.39 is 5.97 Å². The van der Waals surface area contributed by atoms with Crippen LogP contribution in [0.1, 0.15) is 28.2 Å². The van der Waals surface area contributed by atoms with Gasteiger partial charge in [-0.3, -0.25) is 9.69 Å². The number of nitrogens with zero attached hydrogens (tertiary/aromatic N) is 1. The molecule has 1 aliphatic rings. The molecule has 0 bridgehead atoms. The molecule has 3 nitrogen and oxygen atoms in total. The van der Waals surface area contributed by atoms with Crippen LogP contribution in [0.3, 0.4) is 0 Å². The molecule has 3 aromatic carbocycles. The van der Waals surface area contributed by atoms with Gasteiger partial charge in [0, 0.05) is 25.6 Å². The number of rotatable bonds is 7. The SMILES string of the molecule is O=C(O)C1CN(Cc2ccc(C(Cc3ccc(Cl)c(Cl)c3)c3cccc(F)c3)cc2)C1.